The SMILES string of the molecule is COc1nccnc1O[C@H]1CCCN(C(=O)c2snnc2C)C1. The summed E-state index contributed by atoms with van der Waals surface area (Å²) >= 11 is 1.13. The zero-order valence-electron chi connectivity index (χ0n) is 12.9. The molecule has 23 heavy (non-hydrogen) atoms. The lowest BCUT2D eigenvalue weighted by atomic mass is 10.1. The van der Waals surface area contributed by atoms with Gasteiger partial charge in [-0.1, -0.05) is 4.49 Å². The quantitative estimate of drug-likeness (QED) is 0.832. The van der Waals surface area contributed by atoms with Crippen molar-refractivity contribution in [1.29, 1.82) is 0 Å². The van der Waals surface area contributed by atoms with Gasteiger partial charge in [0.25, 0.3) is 17.7 Å². The molecule has 1 amide bonds. The average Bonchev–Trinajstić information content (AvgIpc) is 3.01. The fraction of sp³-hybridized carbons (Fsp3) is 0.500. The lowest BCUT2D eigenvalue weighted by Gasteiger charge is -2.32. The number of nitrogens with zero attached hydrogens (tertiary/aromatic N) is 5. The molecule has 3 heterocycles. The molecule has 1 saturated heterocycles. The van der Waals surface area contributed by atoms with Gasteiger partial charge in [0, 0.05) is 18.9 Å². The molecule has 0 aliphatic carbocycles. The predicted molar refractivity (Wildman–Crippen MR) is 82.8 cm³/mol. The molecule has 0 saturated carbocycles. The summed E-state index contributed by atoms with van der Waals surface area (Å²) in [5, 5.41) is 3.90. The number of likely N-dealkylation sites (tertiary alicyclic amines) is 1. The Morgan fingerprint density at radius 2 is 2.13 bits per heavy atom. The lowest BCUT2D eigenvalue weighted by molar-refractivity contribution is 0.0522. The summed E-state index contributed by atoms with van der Waals surface area (Å²) in [6, 6.07) is 0. The summed E-state index contributed by atoms with van der Waals surface area (Å²) < 4.78 is 14.9. The van der Waals surface area contributed by atoms with Gasteiger partial charge in [0.05, 0.1) is 19.3 Å². The molecule has 8 nitrogen and oxygen atoms in total. The number of aromatic nitrogens is 4. The van der Waals surface area contributed by atoms with Crippen LogP contribution in [0.3, 0.4) is 0 Å². The first-order valence-corrected chi connectivity index (χ1v) is 8.06. The highest BCUT2D eigenvalue weighted by atomic mass is 32.1. The zero-order chi connectivity index (χ0) is 16.2. The van der Waals surface area contributed by atoms with Crippen molar-refractivity contribution in [1.82, 2.24) is 24.5 Å². The number of aryl methyl sites for hydroxylation is 1. The van der Waals surface area contributed by atoms with Gasteiger partial charge >= 0.3 is 0 Å². The minimum absolute atomic E-state index is 0.0445. The number of carbonyl (C=O) groups is 1. The maximum absolute atomic E-state index is 12.6. The van der Waals surface area contributed by atoms with Gasteiger partial charge in [0.2, 0.25) is 0 Å². The van der Waals surface area contributed by atoms with E-state index < -0.39 is 0 Å². The molecule has 122 valence electrons. The molecule has 2 aromatic heterocycles. The van der Waals surface area contributed by atoms with Crippen LogP contribution in [-0.2, 0) is 0 Å². The van der Waals surface area contributed by atoms with Crippen LogP contribution in [0.2, 0.25) is 0 Å². The largest absolute Gasteiger partial charge is 0.477 e. The van der Waals surface area contributed by atoms with Crippen molar-refractivity contribution in [3.63, 3.8) is 0 Å². The average molecular weight is 335 g/mol. The van der Waals surface area contributed by atoms with Crippen molar-refractivity contribution in [2.45, 2.75) is 25.9 Å². The first-order chi connectivity index (χ1) is 11.2. The summed E-state index contributed by atoms with van der Waals surface area (Å²) in [6.45, 7) is 2.99. The Balaban J connectivity index is 1.69. The molecular formula is C14H17N5O3S. The molecular weight excluding hydrogens is 318 g/mol. The number of hydrogen-bond donors (Lipinski definition) is 0. The molecule has 2 aromatic rings. The molecule has 1 aliphatic heterocycles. The van der Waals surface area contributed by atoms with Gasteiger partial charge in [-0.3, -0.25) is 4.79 Å². The Morgan fingerprint density at radius 1 is 1.35 bits per heavy atom. The Labute approximate surface area is 137 Å². The minimum Gasteiger partial charge on any atom is -0.477 e. The third kappa shape index (κ3) is 3.39. The smallest absolute Gasteiger partial charge is 0.278 e. The third-order valence-electron chi connectivity index (χ3n) is 3.62. The topological polar surface area (TPSA) is 90.3 Å². The second kappa shape index (κ2) is 6.86. The predicted octanol–water partition coefficient (Wildman–Crippen LogP) is 1.33. The summed E-state index contributed by atoms with van der Waals surface area (Å²) in [4.78, 5) is 23.1. The molecule has 3 rings (SSSR count). The normalized spacial score (nSPS) is 17.8. The van der Waals surface area contributed by atoms with Crippen molar-refractivity contribution < 1.29 is 14.3 Å². The molecule has 1 fully saturated rings. The number of rotatable bonds is 4. The number of methoxy groups -OCH3 is 1. The first kappa shape index (κ1) is 15.6. The van der Waals surface area contributed by atoms with Crippen LogP contribution >= 0.6 is 11.5 Å². The minimum atomic E-state index is -0.139. The molecule has 0 N–H and O–H groups in total. The van der Waals surface area contributed by atoms with Crippen molar-refractivity contribution in [2.24, 2.45) is 0 Å². The molecule has 0 spiro atoms. The van der Waals surface area contributed by atoms with Gasteiger partial charge in [-0.2, -0.15) is 0 Å². The van der Waals surface area contributed by atoms with E-state index in [1.165, 1.54) is 7.11 Å². The monoisotopic (exact) mass is 335 g/mol. The number of carbonyl (C=O) groups excluding carboxylic acids is 1. The van der Waals surface area contributed by atoms with E-state index in [2.05, 4.69) is 19.6 Å². The van der Waals surface area contributed by atoms with Crippen molar-refractivity contribution >= 4 is 17.4 Å². The van der Waals surface area contributed by atoms with Crippen molar-refractivity contribution in [2.75, 3.05) is 20.2 Å². The van der Waals surface area contributed by atoms with Crippen LogP contribution in [0.4, 0.5) is 0 Å². The molecule has 9 heteroatoms. The van der Waals surface area contributed by atoms with E-state index in [0.29, 0.717) is 35.4 Å². The van der Waals surface area contributed by atoms with Gasteiger partial charge in [0.1, 0.15) is 11.0 Å². The van der Waals surface area contributed by atoms with E-state index in [-0.39, 0.29) is 12.0 Å². The summed E-state index contributed by atoms with van der Waals surface area (Å²) in [6.07, 6.45) is 4.67. The number of ether oxygens (including phenoxy) is 2. The van der Waals surface area contributed by atoms with Crippen LogP contribution in [-0.4, -0.2) is 56.7 Å². The summed E-state index contributed by atoms with van der Waals surface area (Å²) in [5.41, 5.74) is 0.665. The highest BCUT2D eigenvalue weighted by Crippen LogP contribution is 2.25. The molecule has 0 unspecified atom stereocenters. The van der Waals surface area contributed by atoms with E-state index in [1.54, 1.807) is 24.2 Å². The Morgan fingerprint density at radius 3 is 2.83 bits per heavy atom. The summed E-state index contributed by atoms with van der Waals surface area (Å²) in [7, 11) is 1.52. The standard InChI is InChI=1S/C14H17N5O3S/c1-9-11(23-18-17-9)14(20)19-7-3-4-10(8-19)22-13-12(21-2)15-5-6-16-13/h5-6,10H,3-4,7-8H2,1-2H3/t10-/m0/s1. The van der Waals surface area contributed by atoms with Gasteiger partial charge in [-0.25, -0.2) is 9.97 Å². The Bertz CT molecular complexity index is 693. The van der Waals surface area contributed by atoms with Crippen LogP contribution in [0.15, 0.2) is 12.4 Å². The molecule has 0 aromatic carbocycles. The van der Waals surface area contributed by atoms with Crippen molar-refractivity contribution in [3.8, 4) is 11.8 Å². The molecule has 0 radical (unpaired) electrons. The second-order valence-electron chi connectivity index (χ2n) is 5.19. The highest BCUT2D eigenvalue weighted by molar-refractivity contribution is 7.07. The molecule has 1 aliphatic rings. The van der Waals surface area contributed by atoms with Gasteiger partial charge in [-0.15, -0.1) is 5.10 Å². The summed E-state index contributed by atoms with van der Waals surface area (Å²) in [5.74, 6) is 0.653. The van der Waals surface area contributed by atoms with Crippen LogP contribution in [0, 0.1) is 6.92 Å². The lowest BCUT2D eigenvalue weighted by Crippen LogP contribution is -2.44. The molecule has 0 bridgehead atoms. The van der Waals surface area contributed by atoms with Crippen LogP contribution in [0.1, 0.15) is 28.2 Å². The van der Waals surface area contributed by atoms with Gasteiger partial charge in [-0.05, 0) is 31.3 Å². The second-order valence-corrected chi connectivity index (χ2v) is 5.95. The highest BCUT2D eigenvalue weighted by Gasteiger charge is 2.28. The fourth-order valence-corrected chi connectivity index (χ4v) is 3.11. The van der Waals surface area contributed by atoms with Gasteiger partial charge < -0.3 is 14.4 Å². The first-order valence-electron chi connectivity index (χ1n) is 7.29. The fourth-order valence-electron chi connectivity index (χ4n) is 2.48. The van der Waals surface area contributed by atoms with E-state index in [9.17, 15) is 4.79 Å². The number of hydrogen-bond acceptors (Lipinski definition) is 8. The van der Waals surface area contributed by atoms with Crippen LogP contribution < -0.4 is 9.47 Å². The van der Waals surface area contributed by atoms with E-state index in [4.69, 9.17) is 9.47 Å². The van der Waals surface area contributed by atoms with Crippen LogP contribution in [0.25, 0.3) is 0 Å². The van der Waals surface area contributed by atoms with Gasteiger partial charge in [0.15, 0.2) is 0 Å². The van der Waals surface area contributed by atoms with E-state index >= 15 is 0 Å². The van der Waals surface area contributed by atoms with Crippen molar-refractivity contribution in [3.05, 3.63) is 23.0 Å². The zero-order valence-corrected chi connectivity index (χ0v) is 13.7. The maximum Gasteiger partial charge on any atom is 0.278 e. The maximum atomic E-state index is 12.6. The van der Waals surface area contributed by atoms with E-state index in [0.717, 1.165) is 24.4 Å². The Kier molecular flexibility index (Phi) is 4.65. The molecule has 1 atom stereocenters. The number of amides is 1. The van der Waals surface area contributed by atoms with E-state index in [1.807, 2.05) is 0 Å². The third-order valence-corrected chi connectivity index (χ3v) is 4.43. The van der Waals surface area contributed by atoms with Crippen LogP contribution in [0.5, 0.6) is 11.8 Å². The number of piperidine rings is 1. The Hall–Kier alpha value is -2.29.